The van der Waals surface area contributed by atoms with Crippen molar-refractivity contribution < 1.29 is 0 Å². The molecule has 0 nitrogen and oxygen atoms in total. The van der Waals surface area contributed by atoms with Gasteiger partial charge in [-0.1, -0.05) is 29.3 Å². The number of hydrogen-bond donors (Lipinski definition) is 1. The molecule has 0 unspecified atom stereocenters. The molecule has 0 radical (unpaired) electrons. The SMILES string of the molecule is Cc1cc(C)cc(CSCCCS)c1. The van der Waals surface area contributed by atoms with Crippen molar-refractivity contribution in [2.75, 3.05) is 11.5 Å². The summed E-state index contributed by atoms with van der Waals surface area (Å²) in [6, 6.07) is 6.78. The van der Waals surface area contributed by atoms with Crippen molar-refractivity contribution in [3.63, 3.8) is 0 Å². The molecule has 0 atom stereocenters. The zero-order chi connectivity index (χ0) is 10.4. The minimum Gasteiger partial charge on any atom is -0.179 e. The molecule has 0 aliphatic heterocycles. The Labute approximate surface area is 96.9 Å². The molecule has 2 heteroatoms. The van der Waals surface area contributed by atoms with E-state index in [2.05, 4.69) is 44.7 Å². The van der Waals surface area contributed by atoms with Crippen molar-refractivity contribution in [2.24, 2.45) is 0 Å². The van der Waals surface area contributed by atoms with Gasteiger partial charge in [-0.3, -0.25) is 0 Å². The third-order valence-corrected chi connectivity index (χ3v) is 3.43. The highest BCUT2D eigenvalue weighted by molar-refractivity contribution is 7.98. The van der Waals surface area contributed by atoms with E-state index in [4.69, 9.17) is 0 Å². The van der Waals surface area contributed by atoms with Crippen molar-refractivity contribution in [3.8, 4) is 0 Å². The third-order valence-electron chi connectivity index (χ3n) is 2.00. The van der Waals surface area contributed by atoms with Crippen LogP contribution in [0.3, 0.4) is 0 Å². The Morgan fingerprint density at radius 1 is 1.14 bits per heavy atom. The van der Waals surface area contributed by atoms with E-state index < -0.39 is 0 Å². The highest BCUT2D eigenvalue weighted by Gasteiger charge is 1.96. The topological polar surface area (TPSA) is 0 Å². The largest absolute Gasteiger partial charge is 0.179 e. The second-order valence-electron chi connectivity index (χ2n) is 3.63. The number of aryl methyl sites for hydroxylation is 2. The summed E-state index contributed by atoms with van der Waals surface area (Å²) in [6.45, 7) is 4.32. The lowest BCUT2D eigenvalue weighted by atomic mass is 10.1. The maximum atomic E-state index is 4.20. The smallest absolute Gasteiger partial charge is 0.0184 e. The molecule has 14 heavy (non-hydrogen) atoms. The van der Waals surface area contributed by atoms with E-state index in [1.54, 1.807) is 0 Å². The van der Waals surface area contributed by atoms with Gasteiger partial charge in [0.1, 0.15) is 0 Å². The molecular formula is C12H18S2. The van der Waals surface area contributed by atoms with Crippen LogP contribution in [0.15, 0.2) is 18.2 Å². The van der Waals surface area contributed by atoms with Gasteiger partial charge in [-0.15, -0.1) is 0 Å². The lowest BCUT2D eigenvalue weighted by Gasteiger charge is -2.04. The molecule has 0 saturated carbocycles. The van der Waals surface area contributed by atoms with Gasteiger partial charge in [-0.2, -0.15) is 24.4 Å². The molecule has 0 bridgehead atoms. The predicted octanol–water partition coefficient (Wildman–Crippen LogP) is 3.86. The molecule has 0 saturated heterocycles. The van der Waals surface area contributed by atoms with Crippen LogP contribution in [0.1, 0.15) is 23.1 Å². The van der Waals surface area contributed by atoms with Crippen molar-refractivity contribution >= 4 is 24.4 Å². The first-order valence-corrected chi connectivity index (χ1v) is 6.77. The lowest BCUT2D eigenvalue weighted by molar-refractivity contribution is 1.13. The van der Waals surface area contributed by atoms with E-state index in [0.29, 0.717) is 0 Å². The number of thiol groups is 1. The average molecular weight is 226 g/mol. The Kier molecular flexibility index (Phi) is 5.49. The number of benzene rings is 1. The van der Waals surface area contributed by atoms with Crippen LogP contribution < -0.4 is 0 Å². The third kappa shape index (κ3) is 4.43. The number of hydrogen-bond acceptors (Lipinski definition) is 2. The van der Waals surface area contributed by atoms with Crippen LogP contribution in [-0.2, 0) is 5.75 Å². The first-order valence-electron chi connectivity index (χ1n) is 4.98. The van der Waals surface area contributed by atoms with Crippen molar-refractivity contribution in [1.29, 1.82) is 0 Å². The maximum absolute atomic E-state index is 4.20. The molecule has 1 aromatic carbocycles. The van der Waals surface area contributed by atoms with Crippen molar-refractivity contribution in [2.45, 2.75) is 26.0 Å². The second-order valence-corrected chi connectivity index (χ2v) is 5.18. The average Bonchev–Trinajstić information content (AvgIpc) is 2.11. The van der Waals surface area contributed by atoms with Gasteiger partial charge in [0.05, 0.1) is 0 Å². The summed E-state index contributed by atoms with van der Waals surface area (Å²) in [4.78, 5) is 0. The molecule has 0 amide bonds. The molecule has 1 aromatic rings. The van der Waals surface area contributed by atoms with Crippen LogP contribution in [0.2, 0.25) is 0 Å². The van der Waals surface area contributed by atoms with Crippen LogP contribution in [0.5, 0.6) is 0 Å². The summed E-state index contributed by atoms with van der Waals surface area (Å²) in [7, 11) is 0. The predicted molar refractivity (Wildman–Crippen MR) is 70.5 cm³/mol. The standard InChI is InChI=1S/C12H18S2/c1-10-6-11(2)8-12(7-10)9-14-5-3-4-13/h6-8,13H,3-5,9H2,1-2H3. The Morgan fingerprint density at radius 3 is 2.36 bits per heavy atom. The Hall–Kier alpha value is -0.0800. The van der Waals surface area contributed by atoms with E-state index in [1.807, 2.05) is 11.8 Å². The van der Waals surface area contributed by atoms with Crippen LogP contribution in [-0.4, -0.2) is 11.5 Å². The summed E-state index contributed by atoms with van der Waals surface area (Å²) in [5, 5.41) is 0. The minimum absolute atomic E-state index is 1.000. The van der Waals surface area contributed by atoms with Gasteiger partial charge in [0, 0.05) is 5.75 Å². The summed E-state index contributed by atoms with van der Waals surface area (Å²) in [5.74, 6) is 3.35. The summed E-state index contributed by atoms with van der Waals surface area (Å²) >= 11 is 6.20. The normalized spacial score (nSPS) is 10.5. The van der Waals surface area contributed by atoms with Crippen molar-refractivity contribution in [3.05, 3.63) is 34.9 Å². The van der Waals surface area contributed by atoms with E-state index >= 15 is 0 Å². The van der Waals surface area contributed by atoms with E-state index in [9.17, 15) is 0 Å². The molecule has 78 valence electrons. The Bertz CT molecular complexity index is 261. The van der Waals surface area contributed by atoms with Gasteiger partial charge >= 0.3 is 0 Å². The summed E-state index contributed by atoms with van der Waals surface area (Å²) in [6.07, 6.45) is 1.21. The fraction of sp³-hybridized carbons (Fsp3) is 0.500. The first-order chi connectivity index (χ1) is 6.72. The van der Waals surface area contributed by atoms with Crippen molar-refractivity contribution in [1.82, 2.24) is 0 Å². The second kappa shape index (κ2) is 6.41. The van der Waals surface area contributed by atoms with Crippen LogP contribution >= 0.6 is 24.4 Å². The quantitative estimate of drug-likeness (QED) is 0.587. The van der Waals surface area contributed by atoms with Gasteiger partial charge in [0.15, 0.2) is 0 Å². The zero-order valence-electron chi connectivity index (χ0n) is 8.92. The first kappa shape index (κ1) is 12.0. The monoisotopic (exact) mass is 226 g/mol. The van der Waals surface area contributed by atoms with Crippen LogP contribution in [0.25, 0.3) is 0 Å². The van der Waals surface area contributed by atoms with Gasteiger partial charge in [-0.05, 0) is 37.3 Å². The van der Waals surface area contributed by atoms with Gasteiger partial charge < -0.3 is 0 Å². The molecule has 0 N–H and O–H groups in total. The highest BCUT2D eigenvalue weighted by atomic mass is 32.2. The number of rotatable bonds is 5. The van der Waals surface area contributed by atoms with Gasteiger partial charge in [0.2, 0.25) is 0 Å². The van der Waals surface area contributed by atoms with E-state index in [0.717, 1.165) is 11.5 Å². The molecule has 0 fully saturated rings. The lowest BCUT2D eigenvalue weighted by Crippen LogP contribution is -1.87. The maximum Gasteiger partial charge on any atom is 0.0184 e. The molecule has 0 heterocycles. The summed E-state index contributed by atoms with van der Waals surface area (Å²) in [5.41, 5.74) is 4.19. The molecule has 0 aliphatic rings. The summed E-state index contributed by atoms with van der Waals surface area (Å²) < 4.78 is 0. The fourth-order valence-corrected chi connectivity index (χ4v) is 2.78. The minimum atomic E-state index is 1.000. The zero-order valence-corrected chi connectivity index (χ0v) is 10.6. The highest BCUT2D eigenvalue weighted by Crippen LogP contribution is 2.16. The molecule has 1 rings (SSSR count). The Balaban J connectivity index is 2.42. The van der Waals surface area contributed by atoms with E-state index in [-0.39, 0.29) is 0 Å². The van der Waals surface area contributed by atoms with Crippen LogP contribution in [0, 0.1) is 13.8 Å². The van der Waals surface area contributed by atoms with Gasteiger partial charge in [0.25, 0.3) is 0 Å². The van der Waals surface area contributed by atoms with Crippen LogP contribution in [0.4, 0.5) is 0 Å². The van der Waals surface area contributed by atoms with E-state index in [1.165, 1.54) is 28.9 Å². The number of thioether (sulfide) groups is 1. The molecule has 0 spiro atoms. The molecular weight excluding hydrogens is 208 g/mol. The Morgan fingerprint density at radius 2 is 1.79 bits per heavy atom. The molecule has 0 aromatic heterocycles. The fourth-order valence-electron chi connectivity index (χ4n) is 1.51. The molecule has 0 aliphatic carbocycles. The van der Waals surface area contributed by atoms with Gasteiger partial charge in [-0.25, -0.2) is 0 Å².